The van der Waals surface area contributed by atoms with Crippen LogP contribution in [0.1, 0.15) is 34.1 Å². The van der Waals surface area contributed by atoms with Gasteiger partial charge in [0.15, 0.2) is 5.13 Å². The van der Waals surface area contributed by atoms with E-state index < -0.39 is 17.7 Å². The molecule has 0 saturated carbocycles. The summed E-state index contributed by atoms with van der Waals surface area (Å²) in [5.41, 5.74) is 3.99. The summed E-state index contributed by atoms with van der Waals surface area (Å²) >= 11 is 1.33. The first-order chi connectivity index (χ1) is 16.3. The second-order valence-electron chi connectivity index (χ2n) is 8.29. The maximum Gasteiger partial charge on any atom is 0.302 e. The molecule has 0 aliphatic carbocycles. The predicted octanol–water partition coefficient (Wildman–Crippen LogP) is 5.45. The van der Waals surface area contributed by atoms with Crippen molar-refractivity contribution < 1.29 is 23.8 Å². The monoisotopic (exact) mass is 474 g/mol. The van der Waals surface area contributed by atoms with Crippen LogP contribution in [0.25, 0.3) is 16.0 Å². The zero-order valence-electron chi connectivity index (χ0n) is 19.1. The normalized spacial score (nSPS) is 17.6. The van der Waals surface area contributed by atoms with Crippen molar-refractivity contribution in [3.63, 3.8) is 0 Å². The molecule has 1 saturated heterocycles. The van der Waals surface area contributed by atoms with Crippen LogP contribution in [0.5, 0.6) is 5.75 Å². The van der Waals surface area contributed by atoms with Crippen molar-refractivity contribution in [2.75, 3.05) is 12.0 Å². The first-order valence-corrected chi connectivity index (χ1v) is 11.5. The number of aliphatic hydroxyl groups is 1. The SMILES string of the molecule is COc1ccc(C(O)=C2C(=O)C(=O)N(c3nc4c(C)cc(C)cc4s3)[C@H]2c2ccco2)cc1C. The number of carbonyl (C=O) groups excluding carboxylic acids is 2. The fourth-order valence-corrected chi connectivity index (χ4v) is 5.56. The predicted molar refractivity (Wildman–Crippen MR) is 130 cm³/mol. The van der Waals surface area contributed by atoms with E-state index in [1.165, 1.54) is 22.5 Å². The van der Waals surface area contributed by atoms with Gasteiger partial charge in [0.25, 0.3) is 5.78 Å². The van der Waals surface area contributed by atoms with Crippen LogP contribution in [0.3, 0.4) is 0 Å². The maximum atomic E-state index is 13.3. The van der Waals surface area contributed by atoms with E-state index in [0.29, 0.717) is 22.2 Å². The van der Waals surface area contributed by atoms with Gasteiger partial charge in [0, 0.05) is 5.56 Å². The van der Waals surface area contributed by atoms with E-state index in [1.807, 2.05) is 32.9 Å². The van der Waals surface area contributed by atoms with Gasteiger partial charge in [0.05, 0.1) is 29.2 Å². The molecule has 3 heterocycles. The standard InChI is InChI=1S/C26H22N2O5S/c1-13-10-15(3)21-19(11-13)34-26(27-21)28-22(18-6-5-9-33-18)20(24(30)25(28)31)23(29)16-7-8-17(32-4)14(2)12-16/h5-12,22,29H,1-4H3/t22-/m0/s1. The maximum absolute atomic E-state index is 13.3. The summed E-state index contributed by atoms with van der Waals surface area (Å²) in [4.78, 5) is 32.6. The average molecular weight is 475 g/mol. The molecule has 1 fully saturated rings. The number of thiazole rings is 1. The molecule has 8 heteroatoms. The van der Waals surface area contributed by atoms with Crippen molar-refractivity contribution in [3.8, 4) is 5.75 Å². The van der Waals surface area contributed by atoms with Crippen LogP contribution in [0.15, 0.2) is 58.7 Å². The van der Waals surface area contributed by atoms with Crippen LogP contribution in [0.2, 0.25) is 0 Å². The van der Waals surface area contributed by atoms with Gasteiger partial charge < -0.3 is 14.3 Å². The Balaban J connectivity index is 1.71. The minimum absolute atomic E-state index is 0.0447. The Hall–Kier alpha value is -3.91. The number of benzene rings is 2. The highest BCUT2D eigenvalue weighted by molar-refractivity contribution is 7.22. The molecule has 2 aromatic carbocycles. The number of ketones is 1. The summed E-state index contributed by atoms with van der Waals surface area (Å²) in [5.74, 6) is -0.819. The summed E-state index contributed by atoms with van der Waals surface area (Å²) in [6.45, 7) is 5.80. The lowest BCUT2D eigenvalue weighted by atomic mass is 9.98. The van der Waals surface area contributed by atoms with E-state index in [9.17, 15) is 14.7 Å². The quantitative estimate of drug-likeness (QED) is 0.240. The smallest absolute Gasteiger partial charge is 0.302 e. The van der Waals surface area contributed by atoms with Crippen LogP contribution < -0.4 is 9.64 Å². The molecule has 4 aromatic rings. The summed E-state index contributed by atoms with van der Waals surface area (Å²) in [6.07, 6.45) is 1.47. The number of fused-ring (bicyclic) bond motifs is 1. The number of rotatable bonds is 4. The lowest BCUT2D eigenvalue weighted by molar-refractivity contribution is -0.132. The molecule has 5 rings (SSSR count). The third-order valence-electron chi connectivity index (χ3n) is 5.95. The molecule has 0 radical (unpaired) electrons. The molecule has 34 heavy (non-hydrogen) atoms. The summed E-state index contributed by atoms with van der Waals surface area (Å²) in [5, 5.41) is 11.6. The van der Waals surface area contributed by atoms with Gasteiger partial charge in [-0.1, -0.05) is 17.4 Å². The van der Waals surface area contributed by atoms with Gasteiger partial charge in [0.2, 0.25) is 0 Å². The molecule has 1 amide bonds. The summed E-state index contributed by atoms with van der Waals surface area (Å²) < 4.78 is 11.8. The van der Waals surface area contributed by atoms with E-state index in [0.717, 1.165) is 26.9 Å². The van der Waals surface area contributed by atoms with E-state index in [1.54, 1.807) is 37.4 Å². The van der Waals surface area contributed by atoms with Gasteiger partial charge in [-0.3, -0.25) is 14.5 Å². The molecule has 2 aromatic heterocycles. The van der Waals surface area contributed by atoms with Gasteiger partial charge in [-0.25, -0.2) is 4.98 Å². The van der Waals surface area contributed by atoms with Gasteiger partial charge in [0.1, 0.15) is 23.3 Å². The molecule has 7 nitrogen and oxygen atoms in total. The first kappa shape index (κ1) is 21.9. The first-order valence-electron chi connectivity index (χ1n) is 10.7. The Bertz CT molecular complexity index is 1480. The fourth-order valence-electron chi connectivity index (χ4n) is 4.39. The van der Waals surface area contributed by atoms with E-state index in [4.69, 9.17) is 14.1 Å². The third kappa shape index (κ3) is 3.38. The highest BCUT2D eigenvalue weighted by Gasteiger charge is 2.49. The molecular formula is C26H22N2O5S. The Morgan fingerprint density at radius 1 is 1.12 bits per heavy atom. The molecule has 1 aliphatic rings. The number of methoxy groups -OCH3 is 1. The Morgan fingerprint density at radius 2 is 1.91 bits per heavy atom. The van der Waals surface area contributed by atoms with E-state index in [2.05, 4.69) is 0 Å². The zero-order chi connectivity index (χ0) is 24.1. The topological polar surface area (TPSA) is 92.9 Å². The molecule has 1 N–H and O–H groups in total. The van der Waals surface area contributed by atoms with Crippen LogP contribution in [-0.4, -0.2) is 28.9 Å². The van der Waals surface area contributed by atoms with Crippen LogP contribution >= 0.6 is 11.3 Å². The second-order valence-corrected chi connectivity index (χ2v) is 9.30. The second kappa shape index (κ2) is 8.14. The molecule has 1 aliphatic heterocycles. The van der Waals surface area contributed by atoms with Crippen molar-refractivity contribution in [3.05, 3.63) is 82.3 Å². The highest BCUT2D eigenvalue weighted by atomic mass is 32.1. The van der Waals surface area contributed by atoms with Crippen molar-refractivity contribution >= 4 is 44.1 Å². The van der Waals surface area contributed by atoms with Crippen molar-refractivity contribution in [1.82, 2.24) is 4.98 Å². The van der Waals surface area contributed by atoms with E-state index >= 15 is 0 Å². The number of anilines is 1. The Labute approximate surface area is 199 Å². The van der Waals surface area contributed by atoms with E-state index in [-0.39, 0.29) is 11.3 Å². The van der Waals surface area contributed by atoms with Gasteiger partial charge in [-0.2, -0.15) is 0 Å². The minimum atomic E-state index is -0.945. The molecule has 172 valence electrons. The van der Waals surface area contributed by atoms with Gasteiger partial charge in [-0.15, -0.1) is 0 Å². The third-order valence-corrected chi connectivity index (χ3v) is 6.95. The molecule has 1 atom stereocenters. The average Bonchev–Trinajstić information content (AvgIpc) is 3.52. The van der Waals surface area contributed by atoms with Gasteiger partial charge in [-0.05, 0) is 73.9 Å². The molecule has 0 spiro atoms. The molecule has 0 unspecified atom stereocenters. The van der Waals surface area contributed by atoms with Crippen LogP contribution in [-0.2, 0) is 9.59 Å². The van der Waals surface area contributed by atoms with Crippen molar-refractivity contribution in [1.29, 1.82) is 0 Å². The number of furan rings is 1. The summed E-state index contributed by atoms with van der Waals surface area (Å²) in [6, 6.07) is 11.5. The number of carbonyl (C=O) groups is 2. The number of amides is 1. The van der Waals surface area contributed by atoms with Crippen molar-refractivity contribution in [2.24, 2.45) is 0 Å². The Morgan fingerprint density at radius 3 is 2.59 bits per heavy atom. The Kier molecular flexibility index (Phi) is 5.25. The minimum Gasteiger partial charge on any atom is -0.507 e. The number of aliphatic hydroxyl groups excluding tert-OH is 1. The number of aryl methyl sites for hydroxylation is 3. The summed E-state index contributed by atoms with van der Waals surface area (Å²) in [7, 11) is 1.56. The number of hydrogen-bond donors (Lipinski definition) is 1. The largest absolute Gasteiger partial charge is 0.507 e. The number of Topliss-reactive ketones (excluding diaryl/α,β-unsaturated/α-hetero) is 1. The number of aromatic nitrogens is 1. The van der Waals surface area contributed by atoms with Gasteiger partial charge >= 0.3 is 5.91 Å². The van der Waals surface area contributed by atoms with Crippen LogP contribution in [0.4, 0.5) is 5.13 Å². The van der Waals surface area contributed by atoms with Crippen LogP contribution in [0, 0.1) is 20.8 Å². The number of ether oxygens (including phenoxy) is 1. The van der Waals surface area contributed by atoms with Crippen molar-refractivity contribution in [2.45, 2.75) is 26.8 Å². The fraction of sp³-hybridized carbons (Fsp3) is 0.192. The highest BCUT2D eigenvalue weighted by Crippen LogP contribution is 2.45. The number of hydrogen-bond acceptors (Lipinski definition) is 7. The lowest BCUT2D eigenvalue weighted by Gasteiger charge is -2.20. The zero-order valence-corrected chi connectivity index (χ0v) is 19.9. The molecular weight excluding hydrogens is 452 g/mol. The lowest BCUT2D eigenvalue weighted by Crippen LogP contribution is -2.29. The number of nitrogens with zero attached hydrogens (tertiary/aromatic N) is 2. The molecule has 0 bridgehead atoms.